The Balaban J connectivity index is 3.94. The van der Waals surface area contributed by atoms with Crippen molar-refractivity contribution in [3.8, 4) is 0 Å². The minimum Gasteiger partial charge on any atom is -0.394 e. The number of carbonyl (C=O) groups excluding carboxylic acids is 2. The fourth-order valence-electron chi connectivity index (χ4n) is 1.78. The van der Waals surface area contributed by atoms with Gasteiger partial charge in [-0.1, -0.05) is 0 Å². The molecular weight excluding hydrogens is 292 g/mol. The summed E-state index contributed by atoms with van der Waals surface area (Å²) in [6, 6.07) is 0. The van der Waals surface area contributed by atoms with Crippen LogP contribution in [0.15, 0.2) is 0 Å². The third-order valence-electron chi connectivity index (χ3n) is 2.84. The number of nitrogens with zero attached hydrogens (tertiary/aromatic N) is 2. The van der Waals surface area contributed by atoms with Crippen LogP contribution in [0.5, 0.6) is 0 Å². The van der Waals surface area contributed by atoms with Crippen molar-refractivity contribution in [3.05, 3.63) is 0 Å². The first-order chi connectivity index (χ1) is 10.6. The van der Waals surface area contributed by atoms with Gasteiger partial charge in [0.15, 0.2) is 0 Å². The normalized spacial score (nSPS) is 10.5. The van der Waals surface area contributed by atoms with Gasteiger partial charge in [-0.05, 0) is 26.7 Å². The number of aliphatic hydroxyl groups is 2. The van der Waals surface area contributed by atoms with E-state index in [1.807, 2.05) is 0 Å². The summed E-state index contributed by atoms with van der Waals surface area (Å²) in [4.78, 5) is 33.8. The summed E-state index contributed by atoms with van der Waals surface area (Å²) in [5.74, 6) is -0.320. The molecular formula is C14H28N2O6. The number of hydrogen-bond acceptors (Lipinski definition) is 6. The molecule has 2 amide bonds. The Bertz CT molecular complexity index is 284. The summed E-state index contributed by atoms with van der Waals surface area (Å²) in [6.45, 7) is 4.30. The van der Waals surface area contributed by atoms with Crippen molar-refractivity contribution in [1.82, 2.24) is 10.1 Å². The van der Waals surface area contributed by atoms with Crippen LogP contribution in [0.4, 0.5) is 0 Å². The van der Waals surface area contributed by atoms with Crippen molar-refractivity contribution in [3.63, 3.8) is 0 Å². The first-order valence-corrected chi connectivity index (χ1v) is 7.68. The molecule has 0 aliphatic carbocycles. The average molecular weight is 320 g/mol. The van der Waals surface area contributed by atoms with E-state index in [1.165, 1.54) is 10.1 Å². The van der Waals surface area contributed by atoms with E-state index in [4.69, 9.17) is 19.9 Å². The first kappa shape index (κ1) is 20.8. The lowest BCUT2D eigenvalue weighted by Gasteiger charge is -2.20. The molecule has 2 N–H and O–H groups in total. The maximum atomic E-state index is 11.8. The molecule has 0 atom stereocenters. The van der Waals surface area contributed by atoms with E-state index < -0.39 is 0 Å². The molecule has 0 heterocycles. The monoisotopic (exact) mass is 320 g/mol. The number of unbranched alkanes of at least 4 members (excludes halogenated alkanes) is 1. The van der Waals surface area contributed by atoms with Crippen LogP contribution < -0.4 is 0 Å². The minimum absolute atomic E-state index is 0.0890. The zero-order valence-corrected chi connectivity index (χ0v) is 13.5. The highest BCUT2D eigenvalue weighted by Gasteiger charge is 2.14. The summed E-state index contributed by atoms with van der Waals surface area (Å²) in [5.41, 5.74) is 0. The van der Waals surface area contributed by atoms with Crippen molar-refractivity contribution in [1.29, 1.82) is 0 Å². The predicted octanol–water partition coefficient (Wildman–Crippen LogP) is 0.0916. The van der Waals surface area contributed by atoms with Crippen molar-refractivity contribution in [2.45, 2.75) is 39.5 Å². The highest BCUT2D eigenvalue weighted by molar-refractivity contribution is 5.76. The molecule has 0 radical (unpaired) electrons. The van der Waals surface area contributed by atoms with Crippen molar-refractivity contribution < 1.29 is 29.5 Å². The summed E-state index contributed by atoms with van der Waals surface area (Å²) in [5, 5.41) is 19.8. The zero-order chi connectivity index (χ0) is 16.8. The molecule has 0 rings (SSSR count). The van der Waals surface area contributed by atoms with Gasteiger partial charge in [-0.15, -0.1) is 0 Å². The fraction of sp³-hybridized carbons (Fsp3) is 0.857. The smallest absolute Gasteiger partial charge is 0.246 e. The van der Waals surface area contributed by atoms with Gasteiger partial charge >= 0.3 is 0 Å². The minimum atomic E-state index is -0.160. The number of carbonyl (C=O) groups is 2. The second kappa shape index (κ2) is 13.4. The van der Waals surface area contributed by atoms with Crippen LogP contribution in [0.3, 0.4) is 0 Å². The maximum Gasteiger partial charge on any atom is 0.246 e. The molecule has 0 saturated heterocycles. The number of aliphatic hydroxyl groups excluding tert-OH is 2. The van der Waals surface area contributed by atoms with Crippen LogP contribution in [0, 0.1) is 0 Å². The van der Waals surface area contributed by atoms with Crippen LogP contribution in [0.1, 0.15) is 39.5 Å². The number of hydroxylamine groups is 4. The quantitative estimate of drug-likeness (QED) is 0.369. The van der Waals surface area contributed by atoms with Gasteiger partial charge in [0.05, 0.1) is 26.4 Å². The Morgan fingerprint density at radius 2 is 1.18 bits per heavy atom. The Hall–Kier alpha value is -1.22. The Labute approximate surface area is 131 Å². The summed E-state index contributed by atoms with van der Waals surface area (Å²) in [6.07, 6.45) is 1.72. The number of rotatable bonds is 13. The third-order valence-corrected chi connectivity index (χ3v) is 2.84. The zero-order valence-electron chi connectivity index (χ0n) is 13.5. The van der Waals surface area contributed by atoms with Crippen molar-refractivity contribution >= 4 is 11.8 Å². The molecule has 0 unspecified atom stereocenters. The summed E-state index contributed by atoms with van der Waals surface area (Å²) in [7, 11) is 0. The first-order valence-electron chi connectivity index (χ1n) is 7.68. The molecule has 8 heteroatoms. The average Bonchev–Trinajstić information content (AvgIpc) is 2.53. The topological polar surface area (TPSA) is 99.5 Å². The molecule has 0 fully saturated rings. The van der Waals surface area contributed by atoms with Crippen LogP contribution in [0.2, 0.25) is 0 Å². The molecule has 130 valence electrons. The van der Waals surface area contributed by atoms with Crippen molar-refractivity contribution in [2.24, 2.45) is 0 Å². The molecule has 0 aliphatic rings. The molecule has 0 saturated carbocycles. The van der Waals surface area contributed by atoms with E-state index in [0.717, 1.165) is 0 Å². The molecule has 0 aromatic heterocycles. The lowest BCUT2D eigenvalue weighted by molar-refractivity contribution is -0.189. The Morgan fingerprint density at radius 1 is 0.818 bits per heavy atom. The van der Waals surface area contributed by atoms with Crippen molar-refractivity contribution in [2.75, 3.05) is 39.5 Å². The lowest BCUT2D eigenvalue weighted by Crippen LogP contribution is -2.32. The highest BCUT2D eigenvalue weighted by Crippen LogP contribution is 2.07. The molecule has 0 aromatic carbocycles. The lowest BCUT2D eigenvalue weighted by atomic mass is 10.2. The van der Waals surface area contributed by atoms with Gasteiger partial charge in [0.1, 0.15) is 0 Å². The van der Waals surface area contributed by atoms with Crippen LogP contribution in [-0.2, 0) is 19.3 Å². The molecule has 0 aromatic rings. The van der Waals surface area contributed by atoms with Crippen LogP contribution in [0.25, 0.3) is 0 Å². The van der Waals surface area contributed by atoms with Gasteiger partial charge in [-0.3, -0.25) is 19.3 Å². The van der Waals surface area contributed by atoms with E-state index in [1.54, 1.807) is 13.8 Å². The number of hydrogen-bond donors (Lipinski definition) is 2. The fourth-order valence-corrected chi connectivity index (χ4v) is 1.78. The standard InChI is InChI=1S/C14H28N2O6/c1-3-15(21-11-9-17)13(19)7-5-6-8-14(20)16(4-2)22-12-10-18/h17-18H,3-12H2,1-2H3. The maximum absolute atomic E-state index is 11.8. The van der Waals surface area contributed by atoms with Gasteiger partial charge in [0, 0.05) is 25.9 Å². The number of amides is 2. The SMILES string of the molecule is CCN(OCCO)C(=O)CCCCC(=O)N(CC)OCCO. The predicted molar refractivity (Wildman–Crippen MR) is 79.3 cm³/mol. The molecule has 0 bridgehead atoms. The third kappa shape index (κ3) is 8.93. The molecule has 0 aliphatic heterocycles. The van der Waals surface area contributed by atoms with Crippen LogP contribution in [-0.4, -0.2) is 71.7 Å². The van der Waals surface area contributed by atoms with E-state index in [0.29, 0.717) is 25.9 Å². The van der Waals surface area contributed by atoms with E-state index in [2.05, 4.69) is 0 Å². The second-order valence-corrected chi connectivity index (χ2v) is 4.50. The van der Waals surface area contributed by atoms with Gasteiger partial charge < -0.3 is 10.2 Å². The Kier molecular flexibility index (Phi) is 12.7. The van der Waals surface area contributed by atoms with Gasteiger partial charge in [-0.25, -0.2) is 10.1 Å². The largest absolute Gasteiger partial charge is 0.394 e. The van der Waals surface area contributed by atoms with Gasteiger partial charge in [0.2, 0.25) is 11.8 Å². The molecule has 8 nitrogen and oxygen atoms in total. The van der Waals surface area contributed by atoms with Gasteiger partial charge in [0.25, 0.3) is 0 Å². The molecule has 22 heavy (non-hydrogen) atoms. The van der Waals surface area contributed by atoms with Gasteiger partial charge in [-0.2, -0.15) is 0 Å². The summed E-state index contributed by atoms with van der Waals surface area (Å²) >= 11 is 0. The van der Waals surface area contributed by atoms with Crippen LogP contribution >= 0.6 is 0 Å². The van der Waals surface area contributed by atoms with E-state index >= 15 is 0 Å². The summed E-state index contributed by atoms with van der Waals surface area (Å²) < 4.78 is 0. The van der Waals surface area contributed by atoms with E-state index in [-0.39, 0.29) is 51.1 Å². The van der Waals surface area contributed by atoms with E-state index in [9.17, 15) is 9.59 Å². The second-order valence-electron chi connectivity index (χ2n) is 4.50. The highest BCUT2D eigenvalue weighted by atomic mass is 16.7. The molecule has 0 spiro atoms. The Morgan fingerprint density at radius 3 is 1.45 bits per heavy atom.